The molecule has 20 heavy (non-hydrogen) atoms. The predicted molar refractivity (Wildman–Crippen MR) is 94.5 cm³/mol. The third-order valence-electron chi connectivity index (χ3n) is 2.20. The number of benzene rings is 1. The van der Waals surface area contributed by atoms with Gasteiger partial charge in [0.05, 0.1) is 0 Å². The molecular formula is C18H20Br2. The zero-order valence-electron chi connectivity index (χ0n) is 12.9. The zero-order chi connectivity index (χ0) is 15.6. The van der Waals surface area contributed by atoms with Crippen molar-refractivity contribution in [2.24, 2.45) is 10.8 Å². The molecule has 1 aromatic rings. The zero-order valence-corrected chi connectivity index (χ0v) is 16.1. The van der Waals surface area contributed by atoms with Gasteiger partial charge in [-0.3, -0.25) is 0 Å². The van der Waals surface area contributed by atoms with Gasteiger partial charge >= 0.3 is 0 Å². The largest absolute Gasteiger partial charge is 0.0919 e. The molecule has 0 saturated heterocycles. The van der Waals surface area contributed by atoms with Crippen molar-refractivity contribution in [1.29, 1.82) is 0 Å². The van der Waals surface area contributed by atoms with Crippen LogP contribution in [0.15, 0.2) is 21.1 Å². The lowest BCUT2D eigenvalue weighted by Gasteiger charge is -2.09. The van der Waals surface area contributed by atoms with Crippen LogP contribution in [0.5, 0.6) is 0 Å². The molecule has 0 unspecified atom stereocenters. The maximum Gasteiger partial charge on any atom is 0.0399 e. The molecule has 106 valence electrons. The minimum Gasteiger partial charge on any atom is -0.0919 e. The van der Waals surface area contributed by atoms with E-state index in [4.69, 9.17) is 0 Å². The lowest BCUT2D eigenvalue weighted by Crippen LogP contribution is -2.00. The van der Waals surface area contributed by atoms with E-state index >= 15 is 0 Å². The van der Waals surface area contributed by atoms with Crippen molar-refractivity contribution in [1.82, 2.24) is 0 Å². The molecule has 0 fully saturated rings. The summed E-state index contributed by atoms with van der Waals surface area (Å²) in [4.78, 5) is 0. The highest BCUT2D eigenvalue weighted by molar-refractivity contribution is 9.11. The Morgan fingerprint density at radius 1 is 0.700 bits per heavy atom. The molecule has 0 bridgehead atoms. The Bertz CT molecular complexity index is 560. The second kappa shape index (κ2) is 6.38. The van der Waals surface area contributed by atoms with Crippen LogP contribution in [-0.2, 0) is 0 Å². The molecule has 0 aromatic heterocycles. The van der Waals surface area contributed by atoms with Gasteiger partial charge < -0.3 is 0 Å². The van der Waals surface area contributed by atoms with E-state index < -0.39 is 0 Å². The van der Waals surface area contributed by atoms with Gasteiger partial charge in [-0.1, -0.05) is 23.7 Å². The SMILES string of the molecule is CC(C)(C)C#Cc1cc(Br)c(C#CC(C)(C)C)cc1Br. The molecule has 0 N–H and O–H groups in total. The standard InChI is InChI=1S/C18H20Br2/c1-17(2,3)9-7-13-11-16(20)14(12-15(13)19)8-10-18(4,5)6/h11-12H,1-6H3. The monoisotopic (exact) mass is 394 g/mol. The van der Waals surface area contributed by atoms with Crippen molar-refractivity contribution in [2.75, 3.05) is 0 Å². The molecule has 0 nitrogen and oxygen atoms in total. The molecular weight excluding hydrogens is 376 g/mol. The molecule has 0 aliphatic carbocycles. The van der Waals surface area contributed by atoms with Crippen LogP contribution in [0, 0.1) is 34.5 Å². The van der Waals surface area contributed by atoms with Crippen LogP contribution in [0.3, 0.4) is 0 Å². The highest BCUT2D eigenvalue weighted by Gasteiger charge is 2.08. The Morgan fingerprint density at radius 2 is 1.00 bits per heavy atom. The van der Waals surface area contributed by atoms with E-state index in [1.165, 1.54) is 0 Å². The third kappa shape index (κ3) is 6.17. The van der Waals surface area contributed by atoms with E-state index in [-0.39, 0.29) is 10.8 Å². The van der Waals surface area contributed by atoms with E-state index in [1.807, 2.05) is 12.1 Å². The fraction of sp³-hybridized carbons (Fsp3) is 0.444. The summed E-state index contributed by atoms with van der Waals surface area (Å²) in [5, 5.41) is 0. The third-order valence-corrected chi connectivity index (χ3v) is 3.51. The number of rotatable bonds is 0. The minimum absolute atomic E-state index is 0.00335. The normalized spacial score (nSPS) is 11.2. The van der Waals surface area contributed by atoms with Crippen molar-refractivity contribution < 1.29 is 0 Å². The van der Waals surface area contributed by atoms with Gasteiger partial charge in [-0.2, -0.15) is 0 Å². The van der Waals surface area contributed by atoms with Gasteiger partial charge in [0.25, 0.3) is 0 Å². The summed E-state index contributed by atoms with van der Waals surface area (Å²) in [5.74, 6) is 12.9. The Kier molecular flexibility index (Phi) is 5.54. The first-order valence-corrected chi connectivity index (χ1v) is 8.12. The first kappa shape index (κ1) is 17.4. The fourth-order valence-corrected chi connectivity index (χ4v) is 2.13. The predicted octanol–water partition coefficient (Wildman–Crippen LogP) is 6.01. The van der Waals surface area contributed by atoms with Crippen molar-refractivity contribution in [3.63, 3.8) is 0 Å². The number of hydrogen-bond acceptors (Lipinski definition) is 0. The molecule has 0 atom stereocenters. The van der Waals surface area contributed by atoms with Gasteiger partial charge in [0.15, 0.2) is 0 Å². The molecule has 1 rings (SSSR count). The highest BCUT2D eigenvalue weighted by atomic mass is 79.9. The minimum atomic E-state index is -0.00335. The summed E-state index contributed by atoms with van der Waals surface area (Å²) in [7, 11) is 0. The van der Waals surface area contributed by atoms with E-state index in [0.717, 1.165) is 20.1 Å². The van der Waals surface area contributed by atoms with Gasteiger partial charge in [0.2, 0.25) is 0 Å². The van der Waals surface area contributed by atoms with E-state index in [0.29, 0.717) is 0 Å². The van der Waals surface area contributed by atoms with Crippen LogP contribution in [0.4, 0.5) is 0 Å². The van der Waals surface area contributed by atoms with Crippen LogP contribution in [-0.4, -0.2) is 0 Å². The first-order chi connectivity index (χ1) is 8.98. The average Bonchev–Trinajstić information content (AvgIpc) is 2.25. The first-order valence-electron chi connectivity index (χ1n) is 6.53. The summed E-state index contributed by atoms with van der Waals surface area (Å²) in [6, 6.07) is 4.05. The summed E-state index contributed by atoms with van der Waals surface area (Å²) in [6.45, 7) is 12.6. The average molecular weight is 396 g/mol. The Labute approximate surface area is 140 Å². The quantitative estimate of drug-likeness (QED) is 0.472. The van der Waals surface area contributed by atoms with Crippen LogP contribution < -0.4 is 0 Å². The van der Waals surface area contributed by atoms with Gasteiger partial charge in [0, 0.05) is 30.9 Å². The second-order valence-electron chi connectivity index (χ2n) is 6.81. The Morgan fingerprint density at radius 3 is 1.25 bits per heavy atom. The molecule has 0 radical (unpaired) electrons. The molecule has 0 heterocycles. The van der Waals surface area contributed by atoms with E-state index in [2.05, 4.69) is 97.1 Å². The van der Waals surface area contributed by atoms with Gasteiger partial charge in [0.1, 0.15) is 0 Å². The van der Waals surface area contributed by atoms with Crippen molar-refractivity contribution >= 4 is 31.9 Å². The van der Waals surface area contributed by atoms with Crippen molar-refractivity contribution in [3.05, 3.63) is 32.2 Å². The van der Waals surface area contributed by atoms with Gasteiger partial charge in [-0.25, -0.2) is 0 Å². The summed E-state index contributed by atoms with van der Waals surface area (Å²) < 4.78 is 1.96. The topological polar surface area (TPSA) is 0 Å². The van der Waals surface area contributed by atoms with Crippen LogP contribution in [0.2, 0.25) is 0 Å². The van der Waals surface area contributed by atoms with Gasteiger partial charge in [-0.05, 0) is 85.5 Å². The van der Waals surface area contributed by atoms with Gasteiger partial charge in [-0.15, -0.1) is 0 Å². The Balaban J connectivity index is 3.21. The van der Waals surface area contributed by atoms with Crippen LogP contribution in [0.1, 0.15) is 52.7 Å². The lowest BCUT2D eigenvalue weighted by molar-refractivity contribution is 0.570. The summed E-state index contributed by atoms with van der Waals surface area (Å²) >= 11 is 7.16. The molecule has 0 aliphatic rings. The molecule has 0 spiro atoms. The van der Waals surface area contributed by atoms with Crippen LogP contribution >= 0.6 is 31.9 Å². The number of halogens is 2. The number of hydrogen-bond donors (Lipinski definition) is 0. The van der Waals surface area contributed by atoms with Crippen molar-refractivity contribution in [2.45, 2.75) is 41.5 Å². The fourth-order valence-electron chi connectivity index (χ4n) is 1.25. The Hall–Kier alpha value is -0.700. The van der Waals surface area contributed by atoms with Crippen LogP contribution in [0.25, 0.3) is 0 Å². The molecule has 0 amide bonds. The van der Waals surface area contributed by atoms with Crippen molar-refractivity contribution in [3.8, 4) is 23.7 Å². The molecule has 0 aliphatic heterocycles. The smallest absolute Gasteiger partial charge is 0.0399 e. The highest BCUT2D eigenvalue weighted by Crippen LogP contribution is 2.26. The molecule has 0 saturated carbocycles. The summed E-state index contributed by atoms with van der Waals surface area (Å²) in [6.07, 6.45) is 0. The maximum atomic E-state index is 3.58. The molecule has 2 heteroatoms. The van der Waals surface area contributed by atoms with E-state index in [9.17, 15) is 0 Å². The molecule has 1 aromatic carbocycles. The van der Waals surface area contributed by atoms with E-state index in [1.54, 1.807) is 0 Å². The second-order valence-corrected chi connectivity index (χ2v) is 8.52. The summed E-state index contributed by atoms with van der Waals surface area (Å²) in [5.41, 5.74) is 1.95. The lowest BCUT2D eigenvalue weighted by atomic mass is 9.96. The maximum absolute atomic E-state index is 3.58.